The summed E-state index contributed by atoms with van der Waals surface area (Å²) in [5, 5.41) is 64.5. The van der Waals surface area contributed by atoms with Gasteiger partial charge in [0.15, 0.2) is 6.29 Å². The van der Waals surface area contributed by atoms with Crippen molar-refractivity contribution < 1.29 is 44.9 Å². The van der Waals surface area contributed by atoms with E-state index in [4.69, 9.17) is 9.47 Å². The number of ether oxygens (including phenoxy) is 2. The number of rotatable bonds is 36. The molecule has 0 unspecified atom stereocenters. The standard InChI is InChI=1S/C45H83NO9/c1-3-5-7-9-11-13-15-17-18-19-20-22-24-26-28-30-32-34-39(49)44(53)46-37(36-54-45-43(52)42(51)41(50)40(35-47)55-45)38(48)33-31-29-27-25-23-21-16-14-12-10-8-6-4-2/h16,21,23,25,31,33,37-43,45,47-52H,3-15,17-20,22,24,26-30,32,34-36H2,1-2H3,(H,46,53)/b21-16+,25-23+,33-31+/t37-,38+,39+,40+,41+,42-,43+,45+/m0/s1. The van der Waals surface area contributed by atoms with Crippen LogP contribution in [-0.2, 0) is 14.3 Å². The monoisotopic (exact) mass is 782 g/mol. The van der Waals surface area contributed by atoms with Crippen LogP contribution in [0.4, 0.5) is 0 Å². The fourth-order valence-electron chi connectivity index (χ4n) is 6.88. The molecule has 1 saturated heterocycles. The lowest BCUT2D eigenvalue weighted by molar-refractivity contribution is -0.302. The zero-order valence-corrected chi connectivity index (χ0v) is 34.8. The van der Waals surface area contributed by atoms with E-state index in [0.717, 1.165) is 32.1 Å². The molecule has 0 aromatic rings. The van der Waals surface area contributed by atoms with E-state index in [-0.39, 0.29) is 6.61 Å². The number of allylic oxidation sites excluding steroid dienone is 5. The minimum Gasteiger partial charge on any atom is -0.394 e. The normalized spacial score (nSPS) is 22.2. The molecule has 0 aliphatic carbocycles. The van der Waals surface area contributed by atoms with Gasteiger partial charge in [-0.25, -0.2) is 0 Å². The Bertz CT molecular complexity index is 974. The largest absolute Gasteiger partial charge is 0.394 e. The van der Waals surface area contributed by atoms with Crippen molar-refractivity contribution >= 4 is 5.91 Å². The first-order chi connectivity index (χ1) is 26.8. The van der Waals surface area contributed by atoms with Crippen molar-refractivity contribution in [3.63, 3.8) is 0 Å². The van der Waals surface area contributed by atoms with Crippen LogP contribution in [0, 0.1) is 0 Å². The van der Waals surface area contributed by atoms with Gasteiger partial charge >= 0.3 is 0 Å². The first-order valence-corrected chi connectivity index (χ1v) is 22.3. The van der Waals surface area contributed by atoms with Gasteiger partial charge in [-0.3, -0.25) is 4.79 Å². The van der Waals surface area contributed by atoms with Crippen molar-refractivity contribution in [3.8, 4) is 0 Å². The Labute approximate surface area is 334 Å². The summed E-state index contributed by atoms with van der Waals surface area (Å²) in [7, 11) is 0. The molecule has 10 heteroatoms. The molecule has 1 amide bonds. The van der Waals surface area contributed by atoms with Gasteiger partial charge in [-0.15, -0.1) is 0 Å². The number of aliphatic hydroxyl groups excluding tert-OH is 6. The molecule has 1 aliphatic rings. The van der Waals surface area contributed by atoms with Gasteiger partial charge in [0, 0.05) is 0 Å². The first kappa shape index (κ1) is 51.4. The number of carbonyl (C=O) groups is 1. The number of nitrogens with one attached hydrogen (secondary N) is 1. The van der Waals surface area contributed by atoms with Crippen LogP contribution in [0.5, 0.6) is 0 Å². The maximum Gasteiger partial charge on any atom is 0.249 e. The molecule has 55 heavy (non-hydrogen) atoms. The Morgan fingerprint density at radius 1 is 0.636 bits per heavy atom. The smallest absolute Gasteiger partial charge is 0.249 e. The third-order valence-electron chi connectivity index (χ3n) is 10.6. The van der Waals surface area contributed by atoms with Crippen molar-refractivity contribution in [3.05, 3.63) is 36.5 Å². The molecule has 8 atom stereocenters. The van der Waals surface area contributed by atoms with E-state index in [1.165, 1.54) is 116 Å². The highest BCUT2D eigenvalue weighted by Crippen LogP contribution is 2.22. The van der Waals surface area contributed by atoms with Crippen molar-refractivity contribution in [1.29, 1.82) is 0 Å². The fourth-order valence-corrected chi connectivity index (χ4v) is 6.88. The van der Waals surface area contributed by atoms with Crippen molar-refractivity contribution in [1.82, 2.24) is 5.32 Å². The average Bonchev–Trinajstić information content (AvgIpc) is 3.18. The van der Waals surface area contributed by atoms with Gasteiger partial charge in [-0.1, -0.05) is 185 Å². The molecule has 0 radical (unpaired) electrons. The maximum atomic E-state index is 13.0. The minimum atomic E-state index is -1.62. The molecule has 7 N–H and O–H groups in total. The number of amides is 1. The van der Waals surface area contributed by atoms with Gasteiger partial charge in [0.2, 0.25) is 5.91 Å². The fraction of sp³-hybridized carbons (Fsp3) is 0.844. The summed E-state index contributed by atoms with van der Waals surface area (Å²) in [5.74, 6) is -0.633. The van der Waals surface area contributed by atoms with Crippen LogP contribution in [0.15, 0.2) is 36.5 Å². The van der Waals surface area contributed by atoms with Crippen LogP contribution in [0.3, 0.4) is 0 Å². The third-order valence-corrected chi connectivity index (χ3v) is 10.6. The molecule has 322 valence electrons. The van der Waals surface area contributed by atoms with Gasteiger partial charge in [0.1, 0.15) is 30.5 Å². The van der Waals surface area contributed by atoms with E-state index in [1.54, 1.807) is 6.08 Å². The predicted molar refractivity (Wildman–Crippen MR) is 222 cm³/mol. The van der Waals surface area contributed by atoms with Crippen molar-refractivity contribution in [2.24, 2.45) is 0 Å². The van der Waals surface area contributed by atoms with Crippen LogP contribution in [0.1, 0.15) is 181 Å². The van der Waals surface area contributed by atoms with Crippen LogP contribution in [-0.4, -0.2) is 98.7 Å². The lowest BCUT2D eigenvalue weighted by atomic mass is 9.99. The van der Waals surface area contributed by atoms with Gasteiger partial charge in [-0.2, -0.15) is 0 Å². The Balaban J connectivity index is 2.45. The van der Waals surface area contributed by atoms with Gasteiger partial charge < -0.3 is 45.4 Å². The highest BCUT2D eigenvalue weighted by atomic mass is 16.7. The van der Waals surface area contributed by atoms with E-state index in [0.29, 0.717) is 19.3 Å². The second-order valence-electron chi connectivity index (χ2n) is 15.7. The summed E-state index contributed by atoms with van der Waals surface area (Å²) in [5.41, 5.74) is 0. The topological polar surface area (TPSA) is 169 Å². The van der Waals surface area contributed by atoms with Gasteiger partial charge in [0.05, 0.1) is 25.4 Å². The van der Waals surface area contributed by atoms with Crippen molar-refractivity contribution in [2.45, 2.75) is 230 Å². The van der Waals surface area contributed by atoms with E-state index in [2.05, 4.69) is 37.4 Å². The predicted octanol–water partition coefficient (Wildman–Crippen LogP) is 7.86. The third kappa shape index (κ3) is 26.1. The second-order valence-corrected chi connectivity index (χ2v) is 15.7. The lowest BCUT2D eigenvalue weighted by Gasteiger charge is -2.40. The number of aliphatic hydroxyl groups is 6. The average molecular weight is 782 g/mol. The number of hydrogen-bond donors (Lipinski definition) is 7. The molecule has 0 saturated carbocycles. The number of carbonyl (C=O) groups excluding carboxylic acids is 1. The molecular weight excluding hydrogens is 698 g/mol. The van der Waals surface area contributed by atoms with Crippen LogP contribution in [0.25, 0.3) is 0 Å². The Kier molecular flexibility index (Phi) is 33.2. The van der Waals surface area contributed by atoms with E-state index >= 15 is 0 Å². The van der Waals surface area contributed by atoms with Crippen LogP contribution >= 0.6 is 0 Å². The minimum absolute atomic E-state index is 0.302. The highest BCUT2D eigenvalue weighted by molar-refractivity contribution is 5.80. The summed E-state index contributed by atoms with van der Waals surface area (Å²) in [4.78, 5) is 13.0. The van der Waals surface area contributed by atoms with E-state index < -0.39 is 61.5 Å². The van der Waals surface area contributed by atoms with Gasteiger partial charge in [0.25, 0.3) is 0 Å². The molecule has 10 nitrogen and oxygen atoms in total. The maximum absolute atomic E-state index is 13.0. The van der Waals surface area contributed by atoms with Crippen molar-refractivity contribution in [2.75, 3.05) is 13.2 Å². The second kappa shape index (κ2) is 35.5. The van der Waals surface area contributed by atoms with Gasteiger partial charge in [-0.05, 0) is 32.1 Å². The molecular formula is C45H83NO9. The number of hydrogen-bond acceptors (Lipinski definition) is 9. The zero-order valence-electron chi connectivity index (χ0n) is 34.8. The summed E-state index contributed by atoms with van der Waals surface area (Å²) >= 11 is 0. The summed E-state index contributed by atoms with van der Waals surface area (Å²) in [6, 6.07) is -1.00. The molecule has 0 bridgehead atoms. The lowest BCUT2D eigenvalue weighted by Crippen LogP contribution is -2.60. The van der Waals surface area contributed by atoms with Crippen LogP contribution < -0.4 is 5.32 Å². The highest BCUT2D eigenvalue weighted by Gasteiger charge is 2.44. The van der Waals surface area contributed by atoms with E-state index in [1.807, 2.05) is 12.2 Å². The molecule has 1 rings (SSSR count). The molecule has 1 fully saturated rings. The molecule has 1 heterocycles. The number of unbranched alkanes of at least 4 members (excludes halogenated alkanes) is 22. The summed E-state index contributed by atoms with van der Waals surface area (Å²) < 4.78 is 11.1. The molecule has 0 spiro atoms. The molecule has 0 aromatic carbocycles. The molecule has 1 aliphatic heterocycles. The summed E-state index contributed by atoms with van der Waals surface area (Å²) in [6.45, 7) is 3.55. The molecule has 0 aromatic heterocycles. The Morgan fingerprint density at radius 2 is 1.11 bits per heavy atom. The van der Waals surface area contributed by atoms with E-state index in [9.17, 15) is 35.4 Å². The van der Waals surface area contributed by atoms with Crippen LogP contribution in [0.2, 0.25) is 0 Å². The first-order valence-electron chi connectivity index (χ1n) is 22.3. The Morgan fingerprint density at radius 3 is 1.64 bits per heavy atom. The SMILES string of the molecule is CCCCCCC/C=C/C=C/CC/C=C/[C@@H](O)[C@H](CO[C@@H]1O[C@H](CO)[C@@H](O)[C@H](O)[C@H]1O)NC(=O)[C@H](O)CCCCCCCCCCCCCCCCCCC. The quantitative estimate of drug-likeness (QED) is 0.0190. The summed E-state index contributed by atoms with van der Waals surface area (Å²) in [6.07, 6.45) is 32.3. The Hall–Kier alpha value is -1.63. The zero-order chi connectivity index (χ0) is 40.4.